The molecule has 0 spiro atoms. The van der Waals surface area contributed by atoms with E-state index in [2.05, 4.69) is 0 Å². The van der Waals surface area contributed by atoms with Gasteiger partial charge in [0, 0.05) is 43.9 Å². The lowest BCUT2D eigenvalue weighted by atomic mass is 10.0. The van der Waals surface area contributed by atoms with Crippen molar-refractivity contribution in [3.8, 4) is 5.75 Å². The van der Waals surface area contributed by atoms with Gasteiger partial charge in [-0.25, -0.2) is 0 Å². The molecule has 6 nitrogen and oxygen atoms in total. The molecule has 2 amide bonds. The van der Waals surface area contributed by atoms with E-state index in [1.165, 1.54) is 0 Å². The average molecular weight is 368 g/mol. The molecule has 0 radical (unpaired) electrons. The second-order valence-corrected chi connectivity index (χ2v) is 6.41. The predicted octanol–water partition coefficient (Wildman–Crippen LogP) is 1.95. The van der Waals surface area contributed by atoms with E-state index in [4.69, 9.17) is 10.5 Å². The lowest BCUT2D eigenvalue weighted by molar-refractivity contribution is -0.136. The summed E-state index contributed by atoms with van der Waals surface area (Å²) in [7, 11) is 0. The van der Waals surface area contributed by atoms with E-state index in [-0.39, 0.29) is 36.9 Å². The first-order valence-electron chi connectivity index (χ1n) is 8.72. The number of carbonyl (C=O) groups is 2. The normalized spacial score (nSPS) is 20.4. The number of anilines is 1. The number of carbonyl (C=O) groups excluding carboxylic acids is 2. The van der Waals surface area contributed by atoms with Crippen molar-refractivity contribution in [2.24, 2.45) is 5.73 Å². The molecule has 2 N–H and O–H groups in total. The lowest BCUT2D eigenvalue weighted by Crippen LogP contribution is -2.49. The Hall–Kier alpha value is -1.79. The van der Waals surface area contributed by atoms with E-state index in [1.54, 1.807) is 4.90 Å². The molecular formula is C18H26ClN3O3. The second-order valence-electron chi connectivity index (χ2n) is 6.41. The van der Waals surface area contributed by atoms with Gasteiger partial charge in [0.1, 0.15) is 5.75 Å². The molecule has 0 saturated carbocycles. The Kier molecular flexibility index (Phi) is 7.08. The fourth-order valence-corrected chi connectivity index (χ4v) is 3.46. The standard InChI is InChI=1S/C18H25N3O3.ClH/c19-12-15-5-1-2-9-21(15)18(23)13-24-16-7-3-6-14(11-16)20-10-4-8-17(20)22;/h3,6-7,11,15H,1-2,4-5,8-10,12-13,19H2;1H. The topological polar surface area (TPSA) is 75.9 Å². The van der Waals surface area contributed by atoms with Gasteiger partial charge in [0.25, 0.3) is 5.91 Å². The summed E-state index contributed by atoms with van der Waals surface area (Å²) in [6, 6.07) is 7.52. The van der Waals surface area contributed by atoms with E-state index < -0.39 is 0 Å². The number of piperidine rings is 1. The van der Waals surface area contributed by atoms with Gasteiger partial charge < -0.3 is 20.3 Å². The van der Waals surface area contributed by atoms with E-state index in [0.29, 0.717) is 18.7 Å². The van der Waals surface area contributed by atoms with Gasteiger partial charge in [-0.15, -0.1) is 12.4 Å². The van der Waals surface area contributed by atoms with Crippen LogP contribution in [0.1, 0.15) is 32.1 Å². The van der Waals surface area contributed by atoms with Crippen LogP contribution in [0.15, 0.2) is 24.3 Å². The summed E-state index contributed by atoms with van der Waals surface area (Å²) in [5, 5.41) is 0. The number of nitrogens with zero attached hydrogens (tertiary/aromatic N) is 2. The summed E-state index contributed by atoms with van der Waals surface area (Å²) in [4.78, 5) is 27.9. The zero-order chi connectivity index (χ0) is 16.9. The van der Waals surface area contributed by atoms with E-state index in [0.717, 1.165) is 44.5 Å². The third-order valence-electron chi connectivity index (χ3n) is 4.78. The molecule has 2 aliphatic rings. The monoisotopic (exact) mass is 367 g/mol. The van der Waals surface area contributed by atoms with Crippen molar-refractivity contribution in [1.29, 1.82) is 0 Å². The fraction of sp³-hybridized carbons (Fsp3) is 0.556. The van der Waals surface area contributed by atoms with Gasteiger partial charge in [-0.2, -0.15) is 0 Å². The second kappa shape index (κ2) is 9.06. The third kappa shape index (κ3) is 4.64. The number of likely N-dealkylation sites (tertiary alicyclic amines) is 1. The quantitative estimate of drug-likeness (QED) is 0.863. The van der Waals surface area contributed by atoms with Gasteiger partial charge in [-0.1, -0.05) is 6.07 Å². The Morgan fingerprint density at radius 1 is 1.24 bits per heavy atom. The molecule has 2 saturated heterocycles. The molecule has 0 aliphatic carbocycles. The first kappa shape index (κ1) is 19.5. The zero-order valence-corrected chi connectivity index (χ0v) is 15.2. The van der Waals surface area contributed by atoms with Crippen LogP contribution in [0.25, 0.3) is 0 Å². The molecule has 1 unspecified atom stereocenters. The van der Waals surface area contributed by atoms with Crippen LogP contribution in [0.2, 0.25) is 0 Å². The van der Waals surface area contributed by atoms with Crippen LogP contribution in [0.5, 0.6) is 5.75 Å². The molecule has 0 aromatic heterocycles. The molecule has 1 aromatic carbocycles. The highest BCUT2D eigenvalue weighted by Crippen LogP contribution is 2.25. The van der Waals surface area contributed by atoms with Crippen LogP contribution in [0.4, 0.5) is 5.69 Å². The van der Waals surface area contributed by atoms with Gasteiger partial charge in [0.2, 0.25) is 5.91 Å². The van der Waals surface area contributed by atoms with Crippen molar-refractivity contribution in [3.63, 3.8) is 0 Å². The molecule has 7 heteroatoms. The summed E-state index contributed by atoms with van der Waals surface area (Å²) in [6.07, 6.45) is 4.60. The highest BCUT2D eigenvalue weighted by molar-refractivity contribution is 5.95. The highest BCUT2D eigenvalue weighted by Gasteiger charge is 2.26. The number of halogens is 1. The first-order valence-corrected chi connectivity index (χ1v) is 8.72. The molecule has 138 valence electrons. The number of benzene rings is 1. The van der Waals surface area contributed by atoms with Gasteiger partial charge in [-0.3, -0.25) is 9.59 Å². The van der Waals surface area contributed by atoms with Gasteiger partial charge >= 0.3 is 0 Å². The van der Waals surface area contributed by atoms with Gasteiger partial charge in [0.05, 0.1) is 0 Å². The molecule has 2 heterocycles. The van der Waals surface area contributed by atoms with E-state index >= 15 is 0 Å². The number of nitrogens with two attached hydrogens (primary N) is 1. The maximum atomic E-state index is 12.4. The Bertz CT molecular complexity index is 611. The van der Waals surface area contributed by atoms with Crippen LogP contribution in [-0.2, 0) is 9.59 Å². The molecule has 2 aliphatic heterocycles. The molecule has 1 atom stereocenters. The average Bonchev–Trinajstić information content (AvgIpc) is 3.06. The van der Waals surface area contributed by atoms with E-state index in [9.17, 15) is 9.59 Å². The first-order chi connectivity index (χ1) is 11.7. The van der Waals surface area contributed by atoms with Crippen molar-refractivity contribution >= 4 is 29.9 Å². The zero-order valence-electron chi connectivity index (χ0n) is 14.4. The minimum atomic E-state index is -0.0206. The summed E-state index contributed by atoms with van der Waals surface area (Å²) in [5.41, 5.74) is 6.60. The molecule has 1 aromatic rings. The minimum absolute atomic E-state index is 0. The van der Waals surface area contributed by atoms with Crippen LogP contribution >= 0.6 is 12.4 Å². The number of rotatable bonds is 5. The Balaban J connectivity index is 0.00000225. The van der Waals surface area contributed by atoms with E-state index in [1.807, 2.05) is 29.2 Å². The van der Waals surface area contributed by atoms with Crippen LogP contribution in [0.3, 0.4) is 0 Å². The number of hydrogen-bond acceptors (Lipinski definition) is 4. The fourth-order valence-electron chi connectivity index (χ4n) is 3.46. The summed E-state index contributed by atoms with van der Waals surface area (Å²) < 4.78 is 5.68. The van der Waals surface area contributed by atoms with Crippen LogP contribution < -0.4 is 15.4 Å². The highest BCUT2D eigenvalue weighted by atomic mass is 35.5. The Morgan fingerprint density at radius 2 is 2.08 bits per heavy atom. The van der Waals surface area contributed by atoms with Crippen molar-refractivity contribution in [2.45, 2.75) is 38.1 Å². The number of amides is 2. The molecule has 3 rings (SSSR count). The Morgan fingerprint density at radius 3 is 2.80 bits per heavy atom. The van der Waals surface area contributed by atoms with Crippen LogP contribution in [-0.4, -0.2) is 49.0 Å². The largest absolute Gasteiger partial charge is 0.484 e. The number of ether oxygens (including phenoxy) is 1. The molecule has 2 fully saturated rings. The summed E-state index contributed by atoms with van der Waals surface area (Å²) in [6.45, 7) is 2.01. The SMILES string of the molecule is Cl.NCC1CCCCN1C(=O)COc1cccc(N2CCCC2=O)c1. The van der Waals surface area contributed by atoms with Crippen molar-refractivity contribution < 1.29 is 14.3 Å². The smallest absolute Gasteiger partial charge is 0.260 e. The Labute approximate surface area is 154 Å². The predicted molar refractivity (Wildman–Crippen MR) is 99.2 cm³/mol. The molecular weight excluding hydrogens is 342 g/mol. The molecule has 0 bridgehead atoms. The molecule has 25 heavy (non-hydrogen) atoms. The van der Waals surface area contributed by atoms with Crippen LogP contribution in [0, 0.1) is 0 Å². The third-order valence-corrected chi connectivity index (χ3v) is 4.78. The lowest BCUT2D eigenvalue weighted by Gasteiger charge is -2.34. The van der Waals surface area contributed by atoms with Crippen molar-refractivity contribution in [3.05, 3.63) is 24.3 Å². The van der Waals surface area contributed by atoms with Crippen molar-refractivity contribution in [1.82, 2.24) is 4.90 Å². The maximum absolute atomic E-state index is 12.4. The summed E-state index contributed by atoms with van der Waals surface area (Å²) >= 11 is 0. The maximum Gasteiger partial charge on any atom is 0.260 e. The van der Waals surface area contributed by atoms with Crippen molar-refractivity contribution in [2.75, 3.05) is 31.1 Å². The minimum Gasteiger partial charge on any atom is -0.484 e. The summed E-state index contributed by atoms with van der Waals surface area (Å²) in [5.74, 6) is 0.733. The van der Waals surface area contributed by atoms with Gasteiger partial charge in [-0.05, 0) is 37.8 Å². The number of hydrogen-bond donors (Lipinski definition) is 1. The van der Waals surface area contributed by atoms with Gasteiger partial charge in [0.15, 0.2) is 6.61 Å².